The minimum absolute atomic E-state index is 0.118. The summed E-state index contributed by atoms with van der Waals surface area (Å²) in [6, 6.07) is 6.08. The zero-order valence-electron chi connectivity index (χ0n) is 11.0. The Balaban J connectivity index is 2.56. The maximum absolute atomic E-state index is 13.1. The number of nitrogens with zero attached hydrogens (tertiary/aromatic N) is 1. The third-order valence-corrected chi connectivity index (χ3v) is 3.26. The van der Waals surface area contributed by atoms with Crippen LogP contribution < -0.4 is 0 Å². The fourth-order valence-electron chi connectivity index (χ4n) is 1.94. The lowest BCUT2D eigenvalue weighted by molar-refractivity contribution is -0.144. The first-order chi connectivity index (χ1) is 9.81. The van der Waals surface area contributed by atoms with Crippen molar-refractivity contribution in [2.24, 2.45) is 0 Å². The van der Waals surface area contributed by atoms with Crippen molar-refractivity contribution in [3.8, 4) is 0 Å². The summed E-state index contributed by atoms with van der Waals surface area (Å²) in [5, 5.41) is 0.525. The molecule has 1 aromatic carbocycles. The van der Waals surface area contributed by atoms with Gasteiger partial charge in [-0.15, -0.1) is 0 Å². The second kappa shape index (κ2) is 6.01. The van der Waals surface area contributed by atoms with Crippen molar-refractivity contribution in [2.45, 2.75) is 19.5 Å². The van der Waals surface area contributed by atoms with E-state index in [2.05, 4.69) is 20.9 Å². The Morgan fingerprint density at radius 3 is 2.67 bits per heavy atom. The van der Waals surface area contributed by atoms with Crippen molar-refractivity contribution >= 4 is 32.8 Å². The average Bonchev–Trinajstić information content (AvgIpc) is 2.36. The third kappa shape index (κ3) is 3.72. The van der Waals surface area contributed by atoms with Crippen LogP contribution in [0, 0.1) is 0 Å². The molecule has 1 heterocycles. The topological polar surface area (TPSA) is 39.2 Å². The highest BCUT2D eigenvalue weighted by Gasteiger charge is 2.36. The molecular weight excluding hydrogens is 351 g/mol. The highest BCUT2D eigenvalue weighted by Crippen LogP contribution is 2.33. The molecule has 0 N–H and O–H groups in total. The normalized spacial score (nSPS) is 11.7. The van der Waals surface area contributed by atoms with Crippen molar-refractivity contribution < 1.29 is 22.7 Å². The molecule has 7 heteroatoms. The summed E-state index contributed by atoms with van der Waals surface area (Å²) in [6.07, 6.45) is -5.08. The van der Waals surface area contributed by atoms with Crippen molar-refractivity contribution in [2.75, 3.05) is 6.61 Å². The molecule has 3 nitrogen and oxygen atoms in total. The number of halogens is 4. The van der Waals surface area contributed by atoms with E-state index in [4.69, 9.17) is 4.74 Å². The van der Waals surface area contributed by atoms with Gasteiger partial charge in [-0.1, -0.05) is 15.9 Å². The van der Waals surface area contributed by atoms with Gasteiger partial charge in [0.1, 0.15) is 5.69 Å². The third-order valence-electron chi connectivity index (χ3n) is 2.76. The van der Waals surface area contributed by atoms with E-state index in [0.29, 0.717) is 5.39 Å². The van der Waals surface area contributed by atoms with Gasteiger partial charge in [-0.3, -0.25) is 4.79 Å². The number of carbonyl (C=O) groups is 1. The Bertz CT molecular complexity index is 686. The lowest BCUT2D eigenvalue weighted by Crippen LogP contribution is -2.16. The summed E-state index contributed by atoms with van der Waals surface area (Å²) in [7, 11) is 0. The summed E-state index contributed by atoms with van der Waals surface area (Å²) < 4.78 is 44.6. The van der Waals surface area contributed by atoms with Crippen LogP contribution in [-0.4, -0.2) is 17.6 Å². The first-order valence-corrected chi connectivity index (χ1v) is 6.92. The van der Waals surface area contributed by atoms with Crippen LogP contribution in [-0.2, 0) is 22.1 Å². The molecule has 0 aliphatic rings. The fourth-order valence-corrected chi connectivity index (χ4v) is 2.32. The van der Waals surface area contributed by atoms with Crippen LogP contribution in [0.5, 0.6) is 0 Å². The number of esters is 1. The van der Waals surface area contributed by atoms with Crippen LogP contribution in [0.4, 0.5) is 13.2 Å². The summed E-state index contributed by atoms with van der Waals surface area (Å²) >= 11 is 3.25. The maximum Gasteiger partial charge on any atom is 0.433 e. The van der Waals surface area contributed by atoms with Gasteiger partial charge in [0.25, 0.3) is 0 Å². The predicted octanol–water partition coefficient (Wildman–Crippen LogP) is 4.12. The first kappa shape index (κ1) is 15.8. The molecule has 0 unspecified atom stereocenters. The van der Waals surface area contributed by atoms with Crippen molar-refractivity contribution in [3.05, 3.63) is 40.0 Å². The van der Waals surface area contributed by atoms with E-state index < -0.39 is 24.3 Å². The van der Waals surface area contributed by atoms with Gasteiger partial charge in [0.2, 0.25) is 0 Å². The maximum atomic E-state index is 13.1. The highest BCUT2D eigenvalue weighted by atomic mass is 79.9. The SMILES string of the molecule is CCOC(=O)Cc1cc2cc(Br)ccc2nc1C(F)(F)F. The van der Waals surface area contributed by atoms with E-state index >= 15 is 0 Å². The molecule has 0 amide bonds. The molecule has 0 aliphatic heterocycles. The Morgan fingerprint density at radius 2 is 2.05 bits per heavy atom. The van der Waals surface area contributed by atoms with Crippen LogP contribution in [0.2, 0.25) is 0 Å². The molecular formula is C14H11BrF3NO2. The van der Waals surface area contributed by atoms with E-state index in [-0.39, 0.29) is 17.7 Å². The van der Waals surface area contributed by atoms with Crippen LogP contribution in [0.25, 0.3) is 10.9 Å². The van der Waals surface area contributed by atoms with Gasteiger partial charge in [-0.2, -0.15) is 13.2 Å². The van der Waals surface area contributed by atoms with Crippen LogP contribution in [0.1, 0.15) is 18.2 Å². The zero-order chi connectivity index (χ0) is 15.6. The number of aromatic nitrogens is 1. The number of pyridine rings is 1. The van der Waals surface area contributed by atoms with E-state index in [1.54, 1.807) is 19.1 Å². The summed E-state index contributed by atoms with van der Waals surface area (Å²) in [4.78, 5) is 15.1. The molecule has 2 rings (SSSR count). The van der Waals surface area contributed by atoms with Gasteiger partial charge in [0, 0.05) is 9.86 Å². The molecule has 1 aromatic heterocycles. The van der Waals surface area contributed by atoms with Crippen LogP contribution >= 0.6 is 15.9 Å². The molecule has 0 bridgehead atoms. The van der Waals surface area contributed by atoms with Crippen molar-refractivity contribution in [3.63, 3.8) is 0 Å². The second-order valence-corrected chi connectivity index (χ2v) is 5.23. The standard InChI is InChI=1S/C14H11BrF3NO2/c1-2-21-12(20)7-9-5-8-6-10(15)3-4-11(8)19-13(9)14(16,17)18/h3-6H,2,7H2,1H3. The summed E-state index contributed by atoms with van der Waals surface area (Å²) in [5.41, 5.74) is -1.02. The molecule has 0 fully saturated rings. The molecule has 0 saturated heterocycles. The number of fused-ring (bicyclic) bond motifs is 1. The van der Waals surface area contributed by atoms with E-state index in [1.165, 1.54) is 12.1 Å². The monoisotopic (exact) mass is 361 g/mol. The Kier molecular flexibility index (Phi) is 4.51. The summed E-state index contributed by atoms with van der Waals surface area (Å²) in [6.45, 7) is 1.71. The Labute approximate surface area is 127 Å². The van der Waals surface area contributed by atoms with Gasteiger partial charge in [0.05, 0.1) is 18.5 Å². The first-order valence-electron chi connectivity index (χ1n) is 6.13. The Morgan fingerprint density at radius 1 is 1.33 bits per heavy atom. The number of benzene rings is 1. The van der Waals surface area contributed by atoms with Gasteiger partial charge in [-0.25, -0.2) is 4.98 Å². The zero-order valence-corrected chi connectivity index (χ0v) is 12.6. The van der Waals surface area contributed by atoms with Gasteiger partial charge >= 0.3 is 12.1 Å². The number of ether oxygens (including phenoxy) is 1. The van der Waals surface area contributed by atoms with Gasteiger partial charge in [-0.05, 0) is 36.8 Å². The molecule has 0 spiro atoms. The lowest BCUT2D eigenvalue weighted by atomic mass is 10.1. The van der Waals surface area contributed by atoms with Crippen LogP contribution in [0.3, 0.4) is 0 Å². The molecule has 0 radical (unpaired) electrons. The Hall–Kier alpha value is -1.63. The number of alkyl halides is 3. The van der Waals surface area contributed by atoms with Crippen LogP contribution in [0.15, 0.2) is 28.7 Å². The quantitative estimate of drug-likeness (QED) is 0.771. The molecule has 0 atom stereocenters. The van der Waals surface area contributed by atoms with E-state index in [1.807, 2.05) is 0 Å². The lowest BCUT2D eigenvalue weighted by Gasteiger charge is -2.13. The van der Waals surface area contributed by atoms with Gasteiger partial charge < -0.3 is 4.74 Å². The molecule has 2 aromatic rings. The minimum Gasteiger partial charge on any atom is -0.466 e. The van der Waals surface area contributed by atoms with Crippen molar-refractivity contribution in [1.82, 2.24) is 4.98 Å². The van der Waals surface area contributed by atoms with Crippen molar-refractivity contribution in [1.29, 1.82) is 0 Å². The minimum atomic E-state index is -4.62. The number of rotatable bonds is 3. The smallest absolute Gasteiger partial charge is 0.433 e. The number of hydrogen-bond donors (Lipinski definition) is 0. The fraction of sp³-hybridized carbons (Fsp3) is 0.286. The second-order valence-electron chi connectivity index (χ2n) is 4.31. The van der Waals surface area contributed by atoms with Gasteiger partial charge in [0.15, 0.2) is 0 Å². The van der Waals surface area contributed by atoms with E-state index in [0.717, 1.165) is 4.47 Å². The molecule has 21 heavy (non-hydrogen) atoms. The summed E-state index contributed by atoms with van der Waals surface area (Å²) in [5.74, 6) is -0.709. The molecule has 0 aliphatic carbocycles. The number of carbonyl (C=O) groups excluding carboxylic acids is 1. The predicted molar refractivity (Wildman–Crippen MR) is 74.8 cm³/mol. The number of hydrogen-bond acceptors (Lipinski definition) is 3. The highest BCUT2D eigenvalue weighted by molar-refractivity contribution is 9.10. The molecule has 112 valence electrons. The van der Waals surface area contributed by atoms with E-state index in [9.17, 15) is 18.0 Å². The molecule has 0 saturated carbocycles. The average molecular weight is 362 g/mol. The largest absolute Gasteiger partial charge is 0.466 e.